The molecular formula is C13H21NO2S. The minimum absolute atomic E-state index is 0.0692. The molecule has 1 amide bonds. The number of hydrogen-bond donors (Lipinski definition) is 0. The summed E-state index contributed by atoms with van der Waals surface area (Å²) in [6, 6.07) is 0. The zero-order chi connectivity index (χ0) is 12.3. The van der Waals surface area contributed by atoms with Crippen LogP contribution < -0.4 is 0 Å². The molecule has 4 heteroatoms. The van der Waals surface area contributed by atoms with Gasteiger partial charge in [-0.2, -0.15) is 0 Å². The van der Waals surface area contributed by atoms with Crippen molar-refractivity contribution in [2.24, 2.45) is 16.8 Å². The van der Waals surface area contributed by atoms with Gasteiger partial charge in [0, 0.05) is 13.2 Å². The van der Waals surface area contributed by atoms with Crippen molar-refractivity contribution in [3.05, 3.63) is 0 Å². The van der Waals surface area contributed by atoms with E-state index in [1.165, 1.54) is 12.8 Å². The number of amides is 1. The van der Waals surface area contributed by atoms with Crippen LogP contribution in [0.3, 0.4) is 0 Å². The van der Waals surface area contributed by atoms with Crippen molar-refractivity contribution in [2.75, 3.05) is 13.2 Å². The molecule has 0 saturated carbocycles. The molecule has 96 valence electrons. The summed E-state index contributed by atoms with van der Waals surface area (Å²) in [5.41, 5.74) is 0. The van der Waals surface area contributed by atoms with Crippen molar-refractivity contribution in [3.63, 3.8) is 0 Å². The normalized spacial score (nSPS) is 26.6. The van der Waals surface area contributed by atoms with Gasteiger partial charge in [-0.15, -0.1) is 0 Å². The minimum Gasteiger partial charge on any atom is -0.381 e. The predicted octanol–water partition coefficient (Wildman–Crippen LogP) is 2.89. The molecule has 1 saturated heterocycles. The quantitative estimate of drug-likeness (QED) is 0.775. The van der Waals surface area contributed by atoms with E-state index in [1.807, 2.05) is 0 Å². The van der Waals surface area contributed by atoms with E-state index in [9.17, 15) is 4.79 Å². The van der Waals surface area contributed by atoms with E-state index in [1.54, 1.807) is 11.8 Å². The van der Waals surface area contributed by atoms with E-state index in [-0.39, 0.29) is 11.2 Å². The topological polar surface area (TPSA) is 38.7 Å². The van der Waals surface area contributed by atoms with Crippen molar-refractivity contribution >= 4 is 22.7 Å². The average Bonchev–Trinajstić information content (AvgIpc) is 2.69. The minimum atomic E-state index is 0.0692. The molecule has 3 nitrogen and oxygen atoms in total. The lowest BCUT2D eigenvalue weighted by Gasteiger charge is -2.21. The lowest BCUT2D eigenvalue weighted by atomic mass is 9.95. The smallest absolute Gasteiger partial charge is 0.260 e. The van der Waals surface area contributed by atoms with Gasteiger partial charge in [-0.1, -0.05) is 25.6 Å². The lowest BCUT2D eigenvalue weighted by Crippen LogP contribution is -2.17. The van der Waals surface area contributed by atoms with Crippen LogP contribution in [0.15, 0.2) is 4.99 Å². The van der Waals surface area contributed by atoms with Gasteiger partial charge in [-0.3, -0.25) is 4.79 Å². The first kappa shape index (κ1) is 13.1. The van der Waals surface area contributed by atoms with E-state index >= 15 is 0 Å². The second kappa shape index (κ2) is 6.01. The highest BCUT2D eigenvalue weighted by Gasteiger charge is 2.30. The van der Waals surface area contributed by atoms with E-state index in [0.29, 0.717) is 5.92 Å². The Morgan fingerprint density at radius 1 is 1.41 bits per heavy atom. The highest BCUT2D eigenvalue weighted by Crippen LogP contribution is 2.31. The summed E-state index contributed by atoms with van der Waals surface area (Å²) in [5.74, 6) is 1.23. The van der Waals surface area contributed by atoms with Crippen molar-refractivity contribution in [1.82, 2.24) is 0 Å². The maximum absolute atomic E-state index is 11.6. The Labute approximate surface area is 107 Å². The first-order valence-electron chi connectivity index (χ1n) is 6.52. The molecule has 0 bridgehead atoms. The SMILES string of the molecule is CC(C)[C@@H]1SC(CCC2CCOCC2)=NC1=O. The molecule has 2 aliphatic heterocycles. The first-order chi connectivity index (χ1) is 8.16. The Morgan fingerprint density at radius 3 is 2.71 bits per heavy atom. The summed E-state index contributed by atoms with van der Waals surface area (Å²) < 4.78 is 5.35. The molecule has 0 spiro atoms. The number of rotatable bonds is 4. The second-order valence-electron chi connectivity index (χ2n) is 5.22. The fourth-order valence-electron chi connectivity index (χ4n) is 2.31. The number of nitrogens with zero attached hydrogens (tertiary/aromatic N) is 1. The third kappa shape index (κ3) is 3.55. The summed E-state index contributed by atoms with van der Waals surface area (Å²) in [6.07, 6.45) is 4.47. The van der Waals surface area contributed by atoms with Gasteiger partial charge in [-0.25, -0.2) is 4.99 Å². The van der Waals surface area contributed by atoms with Gasteiger partial charge in [0.15, 0.2) is 0 Å². The van der Waals surface area contributed by atoms with Crippen molar-refractivity contribution in [2.45, 2.75) is 44.8 Å². The lowest BCUT2D eigenvalue weighted by molar-refractivity contribution is -0.117. The van der Waals surface area contributed by atoms with Gasteiger partial charge in [-0.05, 0) is 37.5 Å². The molecule has 0 aromatic heterocycles. The summed E-state index contributed by atoms with van der Waals surface area (Å²) in [5, 5.41) is 1.12. The molecule has 17 heavy (non-hydrogen) atoms. The number of aliphatic imine (C=N–C) groups is 1. The predicted molar refractivity (Wildman–Crippen MR) is 71.4 cm³/mol. The van der Waals surface area contributed by atoms with Crippen molar-refractivity contribution in [1.29, 1.82) is 0 Å². The maximum Gasteiger partial charge on any atom is 0.260 e. The average molecular weight is 255 g/mol. The zero-order valence-corrected chi connectivity index (χ0v) is 11.5. The van der Waals surface area contributed by atoms with Crippen LogP contribution in [0.2, 0.25) is 0 Å². The van der Waals surface area contributed by atoms with E-state index < -0.39 is 0 Å². The molecule has 1 atom stereocenters. The van der Waals surface area contributed by atoms with Crippen LogP contribution in [0.25, 0.3) is 0 Å². The highest BCUT2D eigenvalue weighted by atomic mass is 32.2. The molecule has 0 aromatic rings. The van der Waals surface area contributed by atoms with Gasteiger partial charge in [0.05, 0.1) is 10.3 Å². The van der Waals surface area contributed by atoms with Gasteiger partial charge >= 0.3 is 0 Å². The van der Waals surface area contributed by atoms with Crippen molar-refractivity contribution in [3.8, 4) is 0 Å². The standard InChI is InChI=1S/C13H21NO2S/c1-9(2)12-13(15)14-11(17-12)4-3-10-5-7-16-8-6-10/h9-10,12H,3-8H2,1-2H3/t12-/m0/s1. The van der Waals surface area contributed by atoms with Gasteiger partial charge in [0.25, 0.3) is 5.91 Å². The van der Waals surface area contributed by atoms with Gasteiger partial charge in [0.1, 0.15) is 0 Å². The fourth-order valence-corrected chi connectivity index (χ4v) is 3.41. The second-order valence-corrected chi connectivity index (χ2v) is 6.44. The monoisotopic (exact) mass is 255 g/mol. The van der Waals surface area contributed by atoms with Crippen LogP contribution in [0.5, 0.6) is 0 Å². The maximum atomic E-state index is 11.6. The molecule has 2 rings (SSSR count). The van der Waals surface area contributed by atoms with E-state index in [2.05, 4.69) is 18.8 Å². The highest BCUT2D eigenvalue weighted by molar-refractivity contribution is 8.15. The van der Waals surface area contributed by atoms with Gasteiger partial charge in [0.2, 0.25) is 0 Å². The van der Waals surface area contributed by atoms with Gasteiger partial charge < -0.3 is 4.74 Å². The molecule has 0 unspecified atom stereocenters. The first-order valence-corrected chi connectivity index (χ1v) is 7.40. The molecule has 2 heterocycles. The van der Waals surface area contributed by atoms with Crippen LogP contribution in [0.4, 0.5) is 0 Å². The van der Waals surface area contributed by atoms with Crippen LogP contribution in [-0.4, -0.2) is 29.4 Å². The Morgan fingerprint density at radius 2 is 2.12 bits per heavy atom. The molecule has 1 fully saturated rings. The molecule has 0 N–H and O–H groups in total. The molecule has 0 radical (unpaired) electrons. The van der Waals surface area contributed by atoms with Crippen LogP contribution in [-0.2, 0) is 9.53 Å². The molecule has 0 aliphatic carbocycles. The Hall–Kier alpha value is -0.350. The number of thioether (sulfide) groups is 1. The molecule has 2 aliphatic rings. The Kier molecular flexibility index (Phi) is 4.62. The zero-order valence-electron chi connectivity index (χ0n) is 10.6. The van der Waals surface area contributed by atoms with E-state index in [4.69, 9.17) is 4.74 Å². The number of carbonyl (C=O) groups is 1. The summed E-state index contributed by atoms with van der Waals surface area (Å²) in [4.78, 5) is 15.8. The summed E-state index contributed by atoms with van der Waals surface area (Å²) in [7, 11) is 0. The number of hydrogen-bond acceptors (Lipinski definition) is 3. The van der Waals surface area contributed by atoms with E-state index in [0.717, 1.165) is 37.0 Å². The largest absolute Gasteiger partial charge is 0.381 e. The third-order valence-corrected chi connectivity index (χ3v) is 5.02. The van der Waals surface area contributed by atoms with Crippen LogP contribution in [0.1, 0.15) is 39.5 Å². The molecular weight excluding hydrogens is 234 g/mol. The van der Waals surface area contributed by atoms with Crippen molar-refractivity contribution < 1.29 is 9.53 Å². The summed E-state index contributed by atoms with van der Waals surface area (Å²) in [6.45, 7) is 5.98. The van der Waals surface area contributed by atoms with Crippen LogP contribution >= 0.6 is 11.8 Å². The summed E-state index contributed by atoms with van der Waals surface area (Å²) >= 11 is 1.68. The number of ether oxygens (including phenoxy) is 1. The third-order valence-electron chi connectivity index (χ3n) is 3.45. The number of carbonyl (C=O) groups excluding carboxylic acids is 1. The Balaban J connectivity index is 1.76. The van der Waals surface area contributed by atoms with Crippen LogP contribution in [0, 0.1) is 11.8 Å². The fraction of sp³-hybridized carbons (Fsp3) is 0.846. The Bertz CT molecular complexity index is 309. The molecule has 0 aromatic carbocycles.